The maximum absolute atomic E-state index is 12.3. The summed E-state index contributed by atoms with van der Waals surface area (Å²) >= 11 is 0. The Morgan fingerprint density at radius 1 is 1.22 bits per heavy atom. The van der Waals surface area contributed by atoms with Gasteiger partial charge in [-0.3, -0.25) is 9.59 Å². The van der Waals surface area contributed by atoms with Crippen LogP contribution in [0, 0.1) is 6.92 Å². The highest BCUT2D eigenvalue weighted by atomic mass is 16.5. The molecule has 0 bridgehead atoms. The van der Waals surface area contributed by atoms with Crippen LogP contribution in [-0.4, -0.2) is 18.4 Å². The maximum Gasteiger partial charge on any atom is 0.265 e. The molecule has 2 amide bonds. The van der Waals surface area contributed by atoms with Gasteiger partial charge in [0.05, 0.1) is 12.2 Å². The Hall–Kier alpha value is -2.82. The first-order chi connectivity index (χ1) is 11.0. The number of ether oxygens (including phenoxy) is 1. The molecule has 1 heterocycles. The third-order valence-electron chi connectivity index (χ3n) is 3.68. The quantitative estimate of drug-likeness (QED) is 0.948. The van der Waals surface area contributed by atoms with E-state index in [9.17, 15) is 9.59 Å². The summed E-state index contributed by atoms with van der Waals surface area (Å²) in [6, 6.07) is 13.4. The van der Waals surface area contributed by atoms with Crippen molar-refractivity contribution in [1.29, 1.82) is 0 Å². The molecule has 2 aromatic rings. The van der Waals surface area contributed by atoms with E-state index in [0.717, 1.165) is 5.56 Å². The van der Waals surface area contributed by atoms with Gasteiger partial charge in [-0.05, 0) is 30.7 Å². The van der Waals surface area contributed by atoms with Crippen LogP contribution in [0.25, 0.3) is 0 Å². The summed E-state index contributed by atoms with van der Waals surface area (Å²) in [5.74, 6) is 0.391. The molecule has 5 nitrogen and oxygen atoms in total. The van der Waals surface area contributed by atoms with E-state index in [4.69, 9.17) is 4.74 Å². The molecule has 0 unspecified atom stereocenters. The van der Waals surface area contributed by atoms with Gasteiger partial charge in [0.1, 0.15) is 5.75 Å². The van der Waals surface area contributed by atoms with Crippen molar-refractivity contribution in [3.8, 4) is 5.75 Å². The van der Waals surface area contributed by atoms with Crippen LogP contribution in [0.2, 0.25) is 0 Å². The largest absolute Gasteiger partial charge is 0.482 e. The van der Waals surface area contributed by atoms with Gasteiger partial charge < -0.3 is 15.0 Å². The lowest BCUT2D eigenvalue weighted by atomic mass is 10.1. The van der Waals surface area contributed by atoms with E-state index in [-0.39, 0.29) is 18.4 Å². The molecule has 1 aliphatic rings. The van der Waals surface area contributed by atoms with Crippen molar-refractivity contribution in [2.45, 2.75) is 20.4 Å². The van der Waals surface area contributed by atoms with Crippen LogP contribution in [0.4, 0.5) is 11.4 Å². The molecule has 0 saturated carbocycles. The van der Waals surface area contributed by atoms with Crippen LogP contribution in [0.1, 0.15) is 18.1 Å². The highest BCUT2D eigenvalue weighted by Crippen LogP contribution is 2.35. The van der Waals surface area contributed by atoms with Gasteiger partial charge in [-0.2, -0.15) is 0 Å². The number of carbonyl (C=O) groups is 2. The number of fused-ring (bicyclic) bond motifs is 1. The van der Waals surface area contributed by atoms with Crippen molar-refractivity contribution in [3.05, 3.63) is 53.6 Å². The number of nitrogens with zero attached hydrogens (tertiary/aromatic N) is 1. The van der Waals surface area contributed by atoms with Crippen LogP contribution >= 0.6 is 0 Å². The lowest BCUT2D eigenvalue weighted by Crippen LogP contribution is -2.38. The molecular formula is C18H18N2O3. The van der Waals surface area contributed by atoms with Gasteiger partial charge in [0.15, 0.2) is 6.61 Å². The van der Waals surface area contributed by atoms with Crippen molar-refractivity contribution in [1.82, 2.24) is 0 Å². The fourth-order valence-corrected chi connectivity index (χ4v) is 2.53. The number of carbonyl (C=O) groups excluding carboxylic acids is 2. The predicted molar refractivity (Wildman–Crippen MR) is 88.6 cm³/mol. The number of anilines is 2. The first kappa shape index (κ1) is 15.1. The highest BCUT2D eigenvalue weighted by molar-refractivity contribution is 5.99. The van der Waals surface area contributed by atoms with Crippen molar-refractivity contribution in [2.75, 3.05) is 16.8 Å². The molecule has 2 aromatic carbocycles. The summed E-state index contributed by atoms with van der Waals surface area (Å²) < 4.78 is 5.48. The number of hydrogen-bond donors (Lipinski definition) is 1. The summed E-state index contributed by atoms with van der Waals surface area (Å²) in [5, 5.41) is 2.73. The standard InChI is InChI=1S/C18H18N2O3/c1-12-3-5-14(6-4-12)10-20-16-9-15(19-13(2)21)7-8-17(16)23-11-18(20)22/h3-9H,10-11H2,1-2H3,(H,19,21). The average molecular weight is 310 g/mol. The second kappa shape index (κ2) is 6.12. The molecular weight excluding hydrogens is 292 g/mol. The lowest BCUT2D eigenvalue weighted by Gasteiger charge is -2.30. The zero-order valence-corrected chi connectivity index (χ0v) is 13.1. The summed E-state index contributed by atoms with van der Waals surface area (Å²) in [6.07, 6.45) is 0. The van der Waals surface area contributed by atoms with Gasteiger partial charge in [0.2, 0.25) is 5.91 Å². The topological polar surface area (TPSA) is 58.6 Å². The van der Waals surface area contributed by atoms with Crippen LogP contribution in [0.5, 0.6) is 5.75 Å². The Morgan fingerprint density at radius 2 is 1.96 bits per heavy atom. The third kappa shape index (κ3) is 3.34. The summed E-state index contributed by atoms with van der Waals surface area (Å²) in [6.45, 7) is 3.97. The Labute approximate surface area is 134 Å². The van der Waals surface area contributed by atoms with Crippen molar-refractivity contribution < 1.29 is 14.3 Å². The normalized spacial score (nSPS) is 13.3. The molecule has 0 aliphatic carbocycles. The van der Waals surface area contributed by atoms with Crippen LogP contribution in [-0.2, 0) is 16.1 Å². The molecule has 23 heavy (non-hydrogen) atoms. The molecule has 0 atom stereocenters. The Morgan fingerprint density at radius 3 is 2.65 bits per heavy atom. The van der Waals surface area contributed by atoms with E-state index < -0.39 is 0 Å². The number of hydrogen-bond acceptors (Lipinski definition) is 3. The molecule has 0 aromatic heterocycles. The van der Waals surface area contributed by atoms with E-state index in [0.29, 0.717) is 23.7 Å². The van der Waals surface area contributed by atoms with Gasteiger partial charge in [-0.25, -0.2) is 0 Å². The van der Waals surface area contributed by atoms with E-state index in [2.05, 4.69) is 5.32 Å². The number of amides is 2. The van der Waals surface area contributed by atoms with Gasteiger partial charge in [0.25, 0.3) is 5.91 Å². The molecule has 0 radical (unpaired) electrons. The van der Waals surface area contributed by atoms with Crippen LogP contribution in [0.3, 0.4) is 0 Å². The summed E-state index contributed by atoms with van der Waals surface area (Å²) in [7, 11) is 0. The second-order valence-electron chi connectivity index (χ2n) is 5.62. The Balaban J connectivity index is 1.92. The maximum atomic E-state index is 12.3. The zero-order chi connectivity index (χ0) is 16.4. The molecule has 0 fully saturated rings. The zero-order valence-electron chi connectivity index (χ0n) is 13.1. The fraction of sp³-hybridized carbons (Fsp3) is 0.222. The Bertz CT molecular complexity index is 753. The average Bonchev–Trinajstić information content (AvgIpc) is 2.51. The SMILES string of the molecule is CC(=O)Nc1ccc2c(c1)N(Cc1ccc(C)cc1)C(=O)CO2. The van der Waals surface area contributed by atoms with Crippen molar-refractivity contribution in [3.63, 3.8) is 0 Å². The molecule has 1 aliphatic heterocycles. The number of nitrogens with one attached hydrogen (secondary N) is 1. The fourth-order valence-electron chi connectivity index (χ4n) is 2.53. The number of aryl methyl sites for hydroxylation is 1. The predicted octanol–water partition coefficient (Wildman–Crippen LogP) is 2.88. The second-order valence-corrected chi connectivity index (χ2v) is 5.62. The van der Waals surface area contributed by atoms with E-state index in [1.165, 1.54) is 12.5 Å². The molecule has 0 saturated heterocycles. The van der Waals surface area contributed by atoms with Gasteiger partial charge in [-0.15, -0.1) is 0 Å². The summed E-state index contributed by atoms with van der Waals surface area (Å²) in [5.41, 5.74) is 3.54. The van der Waals surface area contributed by atoms with Crippen LogP contribution < -0.4 is 15.0 Å². The van der Waals surface area contributed by atoms with Gasteiger partial charge in [0, 0.05) is 12.6 Å². The first-order valence-corrected chi connectivity index (χ1v) is 7.43. The van der Waals surface area contributed by atoms with E-state index >= 15 is 0 Å². The summed E-state index contributed by atoms with van der Waals surface area (Å²) in [4.78, 5) is 25.2. The van der Waals surface area contributed by atoms with Gasteiger partial charge in [-0.1, -0.05) is 29.8 Å². The molecule has 5 heteroatoms. The molecule has 1 N–H and O–H groups in total. The molecule has 3 rings (SSSR count). The van der Waals surface area contributed by atoms with Gasteiger partial charge >= 0.3 is 0 Å². The third-order valence-corrected chi connectivity index (χ3v) is 3.68. The minimum Gasteiger partial charge on any atom is -0.482 e. The smallest absolute Gasteiger partial charge is 0.265 e. The van der Waals surface area contributed by atoms with Crippen LogP contribution in [0.15, 0.2) is 42.5 Å². The minimum atomic E-state index is -0.155. The Kier molecular flexibility index (Phi) is 4.02. The molecule has 118 valence electrons. The number of benzene rings is 2. The minimum absolute atomic E-state index is 0.0261. The van der Waals surface area contributed by atoms with E-state index in [1.54, 1.807) is 23.1 Å². The van der Waals surface area contributed by atoms with E-state index in [1.807, 2.05) is 31.2 Å². The molecule has 0 spiro atoms. The first-order valence-electron chi connectivity index (χ1n) is 7.43. The monoisotopic (exact) mass is 310 g/mol. The lowest BCUT2D eigenvalue weighted by molar-refractivity contribution is -0.121. The van der Waals surface area contributed by atoms with Crippen molar-refractivity contribution >= 4 is 23.2 Å². The number of rotatable bonds is 3. The van der Waals surface area contributed by atoms with Crippen molar-refractivity contribution in [2.24, 2.45) is 0 Å². The highest BCUT2D eigenvalue weighted by Gasteiger charge is 2.26.